The van der Waals surface area contributed by atoms with E-state index < -0.39 is 5.82 Å². The Labute approximate surface area is 97.6 Å². The molecule has 4 nitrogen and oxygen atoms in total. The van der Waals surface area contributed by atoms with E-state index in [0.717, 1.165) is 0 Å². The maximum atomic E-state index is 13.1. The first-order chi connectivity index (χ1) is 8.17. The number of aromatic nitrogens is 1. The van der Waals surface area contributed by atoms with Crippen molar-refractivity contribution in [2.75, 3.05) is 0 Å². The van der Waals surface area contributed by atoms with Gasteiger partial charge >= 0.3 is 0 Å². The third kappa shape index (κ3) is 3.04. The third-order valence-electron chi connectivity index (χ3n) is 2.18. The zero-order valence-corrected chi connectivity index (χ0v) is 9.31. The number of benzene rings is 1. The molecule has 2 rings (SSSR count). The molecule has 1 aromatic carbocycles. The van der Waals surface area contributed by atoms with E-state index in [1.165, 1.54) is 12.1 Å². The lowest BCUT2D eigenvalue weighted by molar-refractivity contribution is 0.273. The molecular weight excluding hydrogens is 225 g/mol. The predicted molar refractivity (Wildman–Crippen MR) is 57.9 cm³/mol. The number of aliphatic hydroxyl groups is 1. The van der Waals surface area contributed by atoms with Crippen LogP contribution >= 0.6 is 0 Å². The molecule has 90 valence electrons. The Morgan fingerprint density at radius 2 is 2.18 bits per heavy atom. The Kier molecular flexibility index (Phi) is 3.39. The van der Waals surface area contributed by atoms with Crippen LogP contribution in [0.25, 0.3) is 0 Å². The summed E-state index contributed by atoms with van der Waals surface area (Å²) >= 11 is 0. The summed E-state index contributed by atoms with van der Waals surface area (Å²) in [5.74, 6) is 0.608. The van der Waals surface area contributed by atoms with Crippen LogP contribution in [0.15, 0.2) is 28.8 Å². The van der Waals surface area contributed by atoms with Crippen molar-refractivity contribution in [1.82, 2.24) is 5.16 Å². The van der Waals surface area contributed by atoms with Gasteiger partial charge in [-0.15, -0.1) is 0 Å². The molecule has 0 radical (unpaired) electrons. The summed E-state index contributed by atoms with van der Waals surface area (Å²) in [4.78, 5) is 0. The van der Waals surface area contributed by atoms with E-state index in [-0.39, 0.29) is 13.2 Å². The van der Waals surface area contributed by atoms with Crippen molar-refractivity contribution in [2.45, 2.75) is 20.1 Å². The fraction of sp³-hybridized carbons (Fsp3) is 0.250. The molecule has 1 aromatic heterocycles. The second-order valence-corrected chi connectivity index (χ2v) is 3.67. The smallest absolute Gasteiger partial charge is 0.134 e. The van der Waals surface area contributed by atoms with Crippen LogP contribution in [0.4, 0.5) is 4.39 Å². The zero-order valence-electron chi connectivity index (χ0n) is 9.31. The van der Waals surface area contributed by atoms with E-state index in [4.69, 9.17) is 14.4 Å². The zero-order chi connectivity index (χ0) is 12.3. The molecule has 0 fully saturated rings. The van der Waals surface area contributed by atoms with Crippen LogP contribution < -0.4 is 4.74 Å². The molecular formula is C12H12FNO3. The minimum absolute atomic E-state index is 0.200. The van der Waals surface area contributed by atoms with Crippen LogP contribution in [0.2, 0.25) is 0 Å². The maximum Gasteiger partial charge on any atom is 0.134 e. The molecule has 0 unspecified atom stereocenters. The quantitative estimate of drug-likeness (QED) is 0.885. The molecule has 5 heteroatoms. The number of hydrogen-bond acceptors (Lipinski definition) is 4. The maximum absolute atomic E-state index is 13.1. The first-order valence-electron chi connectivity index (χ1n) is 5.12. The molecule has 0 atom stereocenters. The first-order valence-corrected chi connectivity index (χ1v) is 5.12. The number of ether oxygens (including phenoxy) is 1. The lowest BCUT2D eigenvalue weighted by Gasteiger charge is -2.05. The second-order valence-electron chi connectivity index (χ2n) is 3.67. The van der Waals surface area contributed by atoms with Crippen LogP contribution in [0.3, 0.4) is 0 Å². The van der Waals surface area contributed by atoms with Crippen molar-refractivity contribution in [1.29, 1.82) is 0 Å². The predicted octanol–water partition coefficient (Wildman–Crippen LogP) is 2.19. The minimum Gasteiger partial charge on any atom is -0.487 e. The second kappa shape index (κ2) is 4.97. The Bertz CT molecular complexity index is 510. The Morgan fingerprint density at radius 3 is 2.82 bits per heavy atom. The number of nitrogens with zero attached hydrogens (tertiary/aromatic N) is 1. The Hall–Kier alpha value is -1.88. The number of rotatable bonds is 4. The van der Waals surface area contributed by atoms with Crippen molar-refractivity contribution >= 4 is 0 Å². The van der Waals surface area contributed by atoms with E-state index in [1.807, 2.05) is 0 Å². The van der Waals surface area contributed by atoms with Gasteiger partial charge in [-0.25, -0.2) is 4.39 Å². The van der Waals surface area contributed by atoms with Gasteiger partial charge in [-0.3, -0.25) is 0 Å². The topological polar surface area (TPSA) is 55.5 Å². The van der Waals surface area contributed by atoms with Gasteiger partial charge in [0.25, 0.3) is 0 Å². The molecule has 1 heterocycles. The molecule has 1 N–H and O–H groups in total. The van der Waals surface area contributed by atoms with Crippen LogP contribution in [0.5, 0.6) is 5.75 Å². The largest absolute Gasteiger partial charge is 0.487 e. The monoisotopic (exact) mass is 237 g/mol. The standard InChI is InChI=1S/C12H12FNO3/c1-8-2-11(14-17-8)7-16-12-4-9(6-15)3-10(13)5-12/h2-5,15H,6-7H2,1H3. The van der Waals surface area contributed by atoms with Crippen molar-refractivity contribution in [3.8, 4) is 5.75 Å². The molecule has 0 aliphatic carbocycles. The van der Waals surface area contributed by atoms with E-state index in [9.17, 15) is 4.39 Å². The third-order valence-corrected chi connectivity index (χ3v) is 2.18. The fourth-order valence-corrected chi connectivity index (χ4v) is 1.44. The van der Waals surface area contributed by atoms with Crippen LogP contribution in [-0.4, -0.2) is 10.3 Å². The van der Waals surface area contributed by atoms with Crippen LogP contribution in [-0.2, 0) is 13.2 Å². The molecule has 0 saturated heterocycles. The first kappa shape index (κ1) is 11.6. The molecule has 0 aliphatic heterocycles. The molecule has 0 aliphatic rings. The van der Waals surface area contributed by atoms with Gasteiger partial charge in [-0.2, -0.15) is 0 Å². The number of aliphatic hydroxyl groups excluding tert-OH is 1. The van der Waals surface area contributed by atoms with Crippen LogP contribution in [0.1, 0.15) is 17.0 Å². The van der Waals surface area contributed by atoms with Crippen LogP contribution in [0, 0.1) is 12.7 Å². The molecule has 0 amide bonds. The van der Waals surface area contributed by atoms with Crippen molar-refractivity contribution < 1.29 is 18.8 Å². The van der Waals surface area contributed by atoms with Crippen molar-refractivity contribution in [3.05, 3.63) is 47.1 Å². The Balaban J connectivity index is 2.05. The summed E-state index contributed by atoms with van der Waals surface area (Å²) in [7, 11) is 0. The molecule has 2 aromatic rings. The number of hydrogen-bond donors (Lipinski definition) is 1. The highest BCUT2D eigenvalue weighted by Gasteiger charge is 2.04. The highest BCUT2D eigenvalue weighted by Crippen LogP contribution is 2.17. The van der Waals surface area contributed by atoms with Gasteiger partial charge in [0.05, 0.1) is 6.61 Å². The molecule has 17 heavy (non-hydrogen) atoms. The van der Waals surface area contributed by atoms with Gasteiger partial charge in [-0.05, 0) is 24.6 Å². The highest BCUT2D eigenvalue weighted by molar-refractivity contribution is 5.29. The van der Waals surface area contributed by atoms with Gasteiger partial charge in [0.15, 0.2) is 0 Å². The highest BCUT2D eigenvalue weighted by atomic mass is 19.1. The Morgan fingerprint density at radius 1 is 1.35 bits per heavy atom. The lowest BCUT2D eigenvalue weighted by atomic mass is 10.2. The molecule has 0 spiro atoms. The summed E-state index contributed by atoms with van der Waals surface area (Å²) < 4.78 is 23.4. The minimum atomic E-state index is -0.442. The van der Waals surface area contributed by atoms with Gasteiger partial charge in [-0.1, -0.05) is 5.16 Å². The van der Waals surface area contributed by atoms with E-state index in [2.05, 4.69) is 5.16 Å². The van der Waals surface area contributed by atoms with Gasteiger partial charge < -0.3 is 14.4 Å². The van der Waals surface area contributed by atoms with E-state index in [0.29, 0.717) is 22.8 Å². The van der Waals surface area contributed by atoms with Gasteiger partial charge in [0.2, 0.25) is 0 Å². The number of halogens is 1. The summed E-state index contributed by atoms with van der Waals surface area (Å²) in [6, 6.07) is 5.83. The summed E-state index contributed by atoms with van der Waals surface area (Å²) in [5, 5.41) is 12.7. The number of aryl methyl sites for hydroxylation is 1. The SMILES string of the molecule is Cc1cc(COc2cc(F)cc(CO)c2)no1. The average Bonchev–Trinajstić information content (AvgIpc) is 2.72. The lowest BCUT2D eigenvalue weighted by Crippen LogP contribution is -1.97. The summed E-state index contributed by atoms with van der Waals surface area (Å²) in [6.45, 7) is 1.76. The normalized spacial score (nSPS) is 10.5. The molecule has 0 saturated carbocycles. The van der Waals surface area contributed by atoms with Crippen molar-refractivity contribution in [3.63, 3.8) is 0 Å². The fourth-order valence-electron chi connectivity index (χ4n) is 1.44. The van der Waals surface area contributed by atoms with E-state index >= 15 is 0 Å². The summed E-state index contributed by atoms with van der Waals surface area (Å²) in [5.41, 5.74) is 1.11. The molecule has 0 bridgehead atoms. The summed E-state index contributed by atoms with van der Waals surface area (Å²) in [6.07, 6.45) is 0. The van der Waals surface area contributed by atoms with Gasteiger partial charge in [0, 0.05) is 12.1 Å². The average molecular weight is 237 g/mol. The van der Waals surface area contributed by atoms with E-state index in [1.54, 1.807) is 19.1 Å². The van der Waals surface area contributed by atoms with Gasteiger partial charge in [0.1, 0.15) is 29.6 Å². The van der Waals surface area contributed by atoms with Crippen molar-refractivity contribution in [2.24, 2.45) is 0 Å².